The highest BCUT2D eigenvalue weighted by Gasteiger charge is 2.58. The second-order valence-corrected chi connectivity index (χ2v) is 6.52. The van der Waals surface area contributed by atoms with Crippen molar-refractivity contribution in [3.8, 4) is 0 Å². The molecule has 110 valence electrons. The molecule has 2 N–H and O–H groups in total. The summed E-state index contributed by atoms with van der Waals surface area (Å²) in [6, 6.07) is 0. The minimum Gasteiger partial charge on any atom is -0.481 e. The number of aliphatic carboxylic acids is 2. The predicted octanol–water partition coefficient (Wildman–Crippen LogP) is 3.55. The van der Waals surface area contributed by atoms with Crippen LogP contribution in [0.15, 0.2) is 0 Å². The van der Waals surface area contributed by atoms with Crippen molar-refractivity contribution in [3.63, 3.8) is 0 Å². The van der Waals surface area contributed by atoms with Crippen LogP contribution in [-0.4, -0.2) is 22.2 Å². The van der Waals surface area contributed by atoms with Gasteiger partial charge < -0.3 is 10.2 Å². The van der Waals surface area contributed by atoms with Crippen LogP contribution in [0.25, 0.3) is 0 Å². The molecule has 4 heteroatoms. The molecule has 1 rings (SSSR count). The summed E-state index contributed by atoms with van der Waals surface area (Å²) in [5.41, 5.74) is -2.22. The van der Waals surface area contributed by atoms with Gasteiger partial charge in [-0.15, -0.1) is 0 Å². The molecular weight excluding hydrogens is 244 g/mol. The van der Waals surface area contributed by atoms with Crippen molar-refractivity contribution < 1.29 is 19.8 Å². The molecule has 1 aliphatic carbocycles. The van der Waals surface area contributed by atoms with Crippen LogP contribution in [0.3, 0.4) is 0 Å². The summed E-state index contributed by atoms with van der Waals surface area (Å²) < 4.78 is 0. The molecule has 1 saturated carbocycles. The van der Waals surface area contributed by atoms with Crippen LogP contribution in [0, 0.1) is 16.7 Å². The molecule has 0 bridgehead atoms. The van der Waals surface area contributed by atoms with Gasteiger partial charge in [-0.25, -0.2) is 0 Å². The minimum atomic E-state index is -1.13. The van der Waals surface area contributed by atoms with Crippen molar-refractivity contribution in [2.75, 3.05) is 0 Å². The number of hydrogen-bond donors (Lipinski definition) is 2. The molecule has 2 unspecified atom stereocenters. The van der Waals surface area contributed by atoms with Crippen molar-refractivity contribution in [3.05, 3.63) is 0 Å². The van der Waals surface area contributed by atoms with E-state index in [-0.39, 0.29) is 0 Å². The molecule has 19 heavy (non-hydrogen) atoms. The molecular formula is C15H26O4. The monoisotopic (exact) mass is 270 g/mol. The van der Waals surface area contributed by atoms with Crippen LogP contribution in [-0.2, 0) is 9.59 Å². The molecule has 0 aromatic heterocycles. The van der Waals surface area contributed by atoms with Crippen LogP contribution in [0.2, 0.25) is 0 Å². The third-order valence-corrected chi connectivity index (χ3v) is 4.85. The topological polar surface area (TPSA) is 74.6 Å². The zero-order valence-electron chi connectivity index (χ0n) is 12.2. The number of carboxylic acid groups (broad SMARTS) is 2. The first-order chi connectivity index (χ1) is 8.76. The van der Waals surface area contributed by atoms with E-state index in [2.05, 4.69) is 13.8 Å². The van der Waals surface area contributed by atoms with Gasteiger partial charge in [0.15, 0.2) is 0 Å². The van der Waals surface area contributed by atoms with Gasteiger partial charge in [0.2, 0.25) is 0 Å². The molecule has 1 fully saturated rings. The van der Waals surface area contributed by atoms with E-state index >= 15 is 0 Å². The summed E-state index contributed by atoms with van der Waals surface area (Å²) >= 11 is 0. The van der Waals surface area contributed by atoms with E-state index in [1.165, 1.54) is 0 Å². The van der Waals surface area contributed by atoms with Crippen molar-refractivity contribution in [2.45, 2.75) is 65.7 Å². The second kappa shape index (κ2) is 5.93. The summed E-state index contributed by atoms with van der Waals surface area (Å²) in [4.78, 5) is 23.4. The second-order valence-electron chi connectivity index (χ2n) is 6.52. The van der Waals surface area contributed by atoms with Crippen LogP contribution in [0.1, 0.15) is 65.7 Å². The highest BCUT2D eigenvalue weighted by atomic mass is 16.4. The molecule has 0 heterocycles. The van der Waals surface area contributed by atoms with Crippen LogP contribution in [0.4, 0.5) is 0 Å². The van der Waals surface area contributed by atoms with Gasteiger partial charge in [-0.2, -0.15) is 0 Å². The molecule has 0 aromatic carbocycles. The molecule has 0 spiro atoms. The summed E-state index contributed by atoms with van der Waals surface area (Å²) in [5.74, 6) is -1.37. The quantitative estimate of drug-likeness (QED) is 0.774. The minimum absolute atomic E-state index is 0.469. The maximum atomic E-state index is 11.8. The van der Waals surface area contributed by atoms with Gasteiger partial charge in [-0.05, 0) is 32.1 Å². The van der Waals surface area contributed by atoms with Crippen LogP contribution >= 0.6 is 0 Å². The van der Waals surface area contributed by atoms with Gasteiger partial charge in [0.1, 0.15) is 0 Å². The largest absolute Gasteiger partial charge is 0.481 e. The fourth-order valence-corrected chi connectivity index (χ4v) is 3.39. The Morgan fingerprint density at radius 1 is 1.11 bits per heavy atom. The van der Waals surface area contributed by atoms with Crippen molar-refractivity contribution in [2.24, 2.45) is 16.7 Å². The van der Waals surface area contributed by atoms with E-state index in [9.17, 15) is 19.8 Å². The van der Waals surface area contributed by atoms with Gasteiger partial charge in [-0.3, -0.25) is 9.59 Å². The van der Waals surface area contributed by atoms with E-state index in [0.29, 0.717) is 25.2 Å². The van der Waals surface area contributed by atoms with Crippen LogP contribution in [0.5, 0.6) is 0 Å². The third-order valence-electron chi connectivity index (χ3n) is 4.85. The highest BCUT2D eigenvalue weighted by Crippen LogP contribution is 2.54. The van der Waals surface area contributed by atoms with Crippen molar-refractivity contribution >= 4 is 11.9 Å². The Morgan fingerprint density at radius 2 is 1.68 bits per heavy atom. The van der Waals surface area contributed by atoms with Crippen molar-refractivity contribution in [1.29, 1.82) is 0 Å². The van der Waals surface area contributed by atoms with E-state index in [1.807, 2.05) is 0 Å². The van der Waals surface area contributed by atoms with E-state index in [4.69, 9.17) is 0 Å². The van der Waals surface area contributed by atoms with Gasteiger partial charge in [-0.1, -0.05) is 39.5 Å². The lowest BCUT2D eigenvalue weighted by Crippen LogP contribution is -2.52. The molecule has 1 aliphatic rings. The lowest BCUT2D eigenvalue weighted by molar-refractivity contribution is -0.179. The number of carbonyl (C=O) groups is 2. The average molecular weight is 270 g/mol. The molecule has 2 atom stereocenters. The molecule has 0 aliphatic heterocycles. The maximum Gasteiger partial charge on any atom is 0.310 e. The number of carboxylic acids is 2. The molecule has 0 radical (unpaired) electrons. The average Bonchev–Trinajstić information content (AvgIpc) is 2.30. The fourth-order valence-electron chi connectivity index (χ4n) is 3.39. The smallest absolute Gasteiger partial charge is 0.310 e. The Labute approximate surface area is 115 Å². The normalized spacial score (nSPS) is 31.4. The Bertz CT molecular complexity index is 350. The Kier molecular flexibility index (Phi) is 4.99. The van der Waals surface area contributed by atoms with Gasteiger partial charge in [0.25, 0.3) is 0 Å². The Hall–Kier alpha value is -1.06. The van der Waals surface area contributed by atoms with E-state index < -0.39 is 22.8 Å². The Morgan fingerprint density at radius 3 is 2.16 bits per heavy atom. The van der Waals surface area contributed by atoms with Gasteiger partial charge >= 0.3 is 11.9 Å². The Balaban J connectivity index is 3.00. The highest BCUT2D eigenvalue weighted by molar-refractivity contribution is 5.86. The molecule has 4 nitrogen and oxygen atoms in total. The SMILES string of the molecule is CC(C)CCCC1(C(=O)O)CCCCC1(C)C(=O)O. The van der Waals surface area contributed by atoms with Crippen LogP contribution < -0.4 is 0 Å². The lowest BCUT2D eigenvalue weighted by Gasteiger charge is -2.46. The first-order valence-corrected chi connectivity index (χ1v) is 7.23. The van der Waals surface area contributed by atoms with Gasteiger partial charge in [0.05, 0.1) is 10.8 Å². The number of rotatable bonds is 6. The first-order valence-electron chi connectivity index (χ1n) is 7.23. The van der Waals surface area contributed by atoms with E-state index in [1.54, 1.807) is 6.92 Å². The molecule has 0 aromatic rings. The first kappa shape index (κ1) is 16.0. The maximum absolute atomic E-state index is 11.8. The lowest BCUT2D eigenvalue weighted by atomic mass is 9.54. The summed E-state index contributed by atoms with van der Waals surface area (Å²) in [7, 11) is 0. The summed E-state index contributed by atoms with van der Waals surface area (Å²) in [6.45, 7) is 5.83. The molecule has 0 saturated heterocycles. The zero-order valence-corrected chi connectivity index (χ0v) is 12.2. The zero-order chi connectivity index (χ0) is 14.7. The third kappa shape index (κ3) is 2.93. The van der Waals surface area contributed by atoms with Gasteiger partial charge in [0, 0.05) is 0 Å². The standard InChI is InChI=1S/C15H26O4/c1-11(2)7-6-10-15(13(18)19)9-5-4-8-14(15,3)12(16)17/h11H,4-10H2,1-3H3,(H,16,17)(H,18,19). The summed E-state index contributed by atoms with van der Waals surface area (Å²) in [5, 5.41) is 19.2. The fraction of sp³-hybridized carbons (Fsp3) is 0.867. The van der Waals surface area contributed by atoms with Crippen molar-refractivity contribution in [1.82, 2.24) is 0 Å². The predicted molar refractivity (Wildman–Crippen MR) is 73.0 cm³/mol. The van der Waals surface area contributed by atoms with E-state index in [0.717, 1.165) is 25.7 Å². The molecule has 0 amide bonds. The number of hydrogen-bond acceptors (Lipinski definition) is 2. The summed E-state index contributed by atoms with van der Waals surface area (Å²) in [6.07, 6.45) is 4.79.